The molecule has 1 unspecified atom stereocenters. The van der Waals surface area contributed by atoms with Gasteiger partial charge in [0.25, 0.3) is 0 Å². The molecule has 4 nitrogen and oxygen atoms in total. The Labute approximate surface area is 147 Å². The van der Waals surface area contributed by atoms with E-state index in [-0.39, 0.29) is 5.54 Å². The van der Waals surface area contributed by atoms with Crippen molar-refractivity contribution in [3.8, 4) is 28.7 Å². The molecule has 0 fully saturated rings. The summed E-state index contributed by atoms with van der Waals surface area (Å²) in [4.78, 5) is 0. The molecular weight excluding hydrogens is 312 g/mol. The van der Waals surface area contributed by atoms with Crippen LogP contribution in [0.15, 0.2) is 36.4 Å². The van der Waals surface area contributed by atoms with Gasteiger partial charge in [0.2, 0.25) is 6.10 Å². The molecule has 0 radical (unpaired) electrons. The van der Waals surface area contributed by atoms with Crippen molar-refractivity contribution in [2.45, 2.75) is 32.4 Å². The highest BCUT2D eigenvalue weighted by Gasteiger charge is 2.34. The zero-order chi connectivity index (χ0) is 17.8. The van der Waals surface area contributed by atoms with Gasteiger partial charge >= 0.3 is 0 Å². The zero-order valence-electron chi connectivity index (χ0n) is 14.8. The Bertz CT molecular complexity index is 951. The number of anilines is 1. The minimum absolute atomic E-state index is 0.126. The van der Waals surface area contributed by atoms with E-state index in [9.17, 15) is 5.26 Å². The number of ether oxygens (including phenoxy) is 2. The standard InChI is InChI=1S/C21H20N2O2/c1-12-10-21(2,3)23-14-9-8-13-19-15(24-4)6-5-7-16(19)25-17(11-22)20(13)18(12)14/h5-10,17,23H,1-4H3. The molecule has 2 aromatic carbocycles. The monoisotopic (exact) mass is 332 g/mol. The third-order valence-corrected chi connectivity index (χ3v) is 4.78. The molecule has 0 aliphatic carbocycles. The first kappa shape index (κ1) is 15.6. The van der Waals surface area contributed by atoms with Crippen molar-refractivity contribution in [3.63, 3.8) is 0 Å². The lowest BCUT2D eigenvalue weighted by Crippen LogP contribution is -2.32. The van der Waals surface area contributed by atoms with E-state index in [4.69, 9.17) is 9.47 Å². The highest BCUT2D eigenvalue weighted by atomic mass is 16.5. The summed E-state index contributed by atoms with van der Waals surface area (Å²) < 4.78 is 11.6. The summed E-state index contributed by atoms with van der Waals surface area (Å²) in [5.41, 5.74) is 5.93. The summed E-state index contributed by atoms with van der Waals surface area (Å²) in [5, 5.41) is 13.3. The minimum atomic E-state index is -0.643. The van der Waals surface area contributed by atoms with Gasteiger partial charge in [-0.2, -0.15) is 5.26 Å². The van der Waals surface area contributed by atoms with E-state index in [1.807, 2.05) is 18.2 Å². The molecule has 0 saturated carbocycles. The second-order valence-corrected chi connectivity index (χ2v) is 7.08. The Morgan fingerprint density at radius 3 is 2.72 bits per heavy atom. The van der Waals surface area contributed by atoms with E-state index in [2.05, 4.69) is 50.4 Å². The first-order valence-electron chi connectivity index (χ1n) is 8.34. The van der Waals surface area contributed by atoms with E-state index in [1.54, 1.807) is 7.11 Å². The summed E-state index contributed by atoms with van der Waals surface area (Å²) in [5.74, 6) is 1.44. The Morgan fingerprint density at radius 1 is 1.20 bits per heavy atom. The first-order chi connectivity index (χ1) is 11.9. The van der Waals surface area contributed by atoms with Crippen molar-refractivity contribution in [1.82, 2.24) is 0 Å². The molecule has 2 heterocycles. The van der Waals surface area contributed by atoms with E-state index >= 15 is 0 Å². The predicted molar refractivity (Wildman–Crippen MR) is 98.8 cm³/mol. The number of allylic oxidation sites excluding steroid dienone is 1. The Hall–Kier alpha value is -2.93. The number of nitriles is 1. The summed E-state index contributed by atoms with van der Waals surface area (Å²) in [7, 11) is 1.65. The van der Waals surface area contributed by atoms with Crippen LogP contribution in [-0.2, 0) is 0 Å². The van der Waals surface area contributed by atoms with Crippen LogP contribution >= 0.6 is 0 Å². The fourth-order valence-corrected chi connectivity index (χ4v) is 3.96. The lowest BCUT2D eigenvalue weighted by Gasteiger charge is -2.35. The lowest BCUT2D eigenvalue weighted by atomic mass is 9.82. The summed E-state index contributed by atoms with van der Waals surface area (Å²) in [6, 6.07) is 12.1. The molecule has 0 amide bonds. The van der Waals surface area contributed by atoms with Gasteiger partial charge in [0, 0.05) is 16.8 Å². The average molecular weight is 332 g/mol. The highest BCUT2D eigenvalue weighted by molar-refractivity contribution is 5.91. The molecule has 0 saturated heterocycles. The maximum Gasteiger partial charge on any atom is 0.210 e. The lowest BCUT2D eigenvalue weighted by molar-refractivity contribution is 0.256. The van der Waals surface area contributed by atoms with Crippen LogP contribution in [0.1, 0.15) is 38.0 Å². The second-order valence-electron chi connectivity index (χ2n) is 7.08. The summed E-state index contributed by atoms with van der Waals surface area (Å²) >= 11 is 0. The van der Waals surface area contributed by atoms with Crippen molar-refractivity contribution in [1.29, 1.82) is 5.26 Å². The number of hydrogen-bond donors (Lipinski definition) is 1. The number of nitrogens with zero attached hydrogens (tertiary/aromatic N) is 1. The van der Waals surface area contributed by atoms with Crippen molar-refractivity contribution < 1.29 is 9.47 Å². The van der Waals surface area contributed by atoms with Gasteiger partial charge < -0.3 is 14.8 Å². The third-order valence-electron chi connectivity index (χ3n) is 4.78. The van der Waals surface area contributed by atoms with Gasteiger partial charge in [0.15, 0.2) is 0 Å². The molecule has 0 bridgehead atoms. The van der Waals surface area contributed by atoms with E-state index < -0.39 is 6.10 Å². The van der Waals surface area contributed by atoms with Crippen LogP contribution in [-0.4, -0.2) is 12.6 Å². The molecule has 1 atom stereocenters. The van der Waals surface area contributed by atoms with Gasteiger partial charge in [-0.1, -0.05) is 18.2 Å². The summed E-state index contributed by atoms with van der Waals surface area (Å²) in [6.45, 7) is 6.36. The number of fused-ring (bicyclic) bond motifs is 5. The average Bonchev–Trinajstić information content (AvgIpc) is 2.58. The molecule has 4 heteroatoms. The predicted octanol–water partition coefficient (Wildman–Crippen LogP) is 4.93. The van der Waals surface area contributed by atoms with Gasteiger partial charge in [0.1, 0.15) is 17.6 Å². The van der Waals surface area contributed by atoms with Gasteiger partial charge in [-0.05, 0) is 50.1 Å². The number of hydrogen-bond acceptors (Lipinski definition) is 4. The largest absolute Gasteiger partial charge is 0.496 e. The normalized spacial score (nSPS) is 19.2. The van der Waals surface area contributed by atoms with Gasteiger partial charge in [-0.15, -0.1) is 0 Å². The number of methoxy groups -OCH3 is 1. The molecule has 2 aliphatic heterocycles. The van der Waals surface area contributed by atoms with Gasteiger partial charge in [0.05, 0.1) is 18.2 Å². The second kappa shape index (κ2) is 5.29. The zero-order valence-corrected chi connectivity index (χ0v) is 14.8. The molecule has 25 heavy (non-hydrogen) atoms. The number of rotatable bonds is 1. The fraction of sp³-hybridized carbons (Fsp3) is 0.286. The molecule has 4 rings (SSSR count). The van der Waals surface area contributed by atoms with Crippen LogP contribution in [0.2, 0.25) is 0 Å². The highest BCUT2D eigenvalue weighted by Crippen LogP contribution is 2.51. The van der Waals surface area contributed by atoms with E-state index in [1.165, 1.54) is 0 Å². The third kappa shape index (κ3) is 2.27. The van der Waals surface area contributed by atoms with Crippen LogP contribution in [0.25, 0.3) is 16.7 Å². The van der Waals surface area contributed by atoms with Crippen molar-refractivity contribution >= 4 is 11.3 Å². The van der Waals surface area contributed by atoms with E-state index in [0.29, 0.717) is 5.75 Å². The van der Waals surface area contributed by atoms with Crippen molar-refractivity contribution in [2.75, 3.05) is 12.4 Å². The summed E-state index contributed by atoms with van der Waals surface area (Å²) in [6.07, 6.45) is 1.55. The Balaban J connectivity index is 2.05. The number of nitrogens with one attached hydrogen (secondary N) is 1. The van der Waals surface area contributed by atoms with Crippen LogP contribution in [0.4, 0.5) is 5.69 Å². The van der Waals surface area contributed by atoms with Crippen molar-refractivity contribution in [2.24, 2.45) is 0 Å². The fourth-order valence-electron chi connectivity index (χ4n) is 3.96. The molecule has 0 spiro atoms. The Kier molecular flexibility index (Phi) is 3.30. The minimum Gasteiger partial charge on any atom is -0.496 e. The van der Waals surface area contributed by atoms with Crippen molar-refractivity contribution in [3.05, 3.63) is 47.5 Å². The number of benzene rings is 2. The van der Waals surface area contributed by atoms with Crippen LogP contribution in [0.3, 0.4) is 0 Å². The van der Waals surface area contributed by atoms with Crippen LogP contribution in [0.5, 0.6) is 11.5 Å². The molecular formula is C21H20N2O2. The van der Waals surface area contributed by atoms with Gasteiger partial charge in [-0.25, -0.2) is 0 Å². The molecule has 0 aromatic heterocycles. The van der Waals surface area contributed by atoms with E-state index in [0.717, 1.165) is 39.3 Å². The first-order valence-corrected chi connectivity index (χ1v) is 8.34. The quantitative estimate of drug-likeness (QED) is 0.805. The van der Waals surface area contributed by atoms with Gasteiger partial charge in [-0.3, -0.25) is 0 Å². The van der Waals surface area contributed by atoms with Crippen LogP contribution in [0, 0.1) is 11.3 Å². The smallest absolute Gasteiger partial charge is 0.210 e. The van der Waals surface area contributed by atoms with Crippen LogP contribution < -0.4 is 14.8 Å². The maximum absolute atomic E-state index is 9.73. The molecule has 2 aliphatic rings. The topological polar surface area (TPSA) is 54.3 Å². The molecule has 126 valence electrons. The molecule has 2 aromatic rings. The Morgan fingerprint density at radius 2 is 2.00 bits per heavy atom. The SMILES string of the molecule is COc1cccc2c1-c1ccc3c(c1C(C#N)O2)C(C)=CC(C)(C)N3. The molecule has 1 N–H and O–H groups in total. The maximum atomic E-state index is 9.73.